The van der Waals surface area contributed by atoms with Gasteiger partial charge in [0.15, 0.2) is 0 Å². The van der Waals surface area contributed by atoms with E-state index in [1.807, 2.05) is 30.3 Å². The van der Waals surface area contributed by atoms with Crippen LogP contribution in [0.1, 0.15) is 27.9 Å². The van der Waals surface area contributed by atoms with E-state index in [9.17, 15) is 22.7 Å². The maximum Gasteiger partial charge on any atom is 0.416 e. The molecule has 1 unspecified atom stereocenters. The highest BCUT2D eigenvalue weighted by atomic mass is 35.5. The van der Waals surface area contributed by atoms with Crippen molar-refractivity contribution in [2.75, 3.05) is 0 Å². The van der Waals surface area contributed by atoms with Gasteiger partial charge in [-0.15, -0.1) is 0 Å². The minimum absolute atomic E-state index is 0.0488. The largest absolute Gasteiger partial charge is 0.508 e. The van der Waals surface area contributed by atoms with E-state index in [1.165, 1.54) is 12.3 Å². The number of pyridine rings is 1. The van der Waals surface area contributed by atoms with Gasteiger partial charge in [-0.25, -0.2) is 4.39 Å². The molecule has 0 saturated heterocycles. The van der Waals surface area contributed by atoms with E-state index in [-0.39, 0.29) is 24.3 Å². The highest BCUT2D eigenvalue weighted by Crippen LogP contribution is 2.38. The Morgan fingerprint density at radius 3 is 2.20 bits per heavy atom. The summed E-state index contributed by atoms with van der Waals surface area (Å²) in [5.74, 6) is -0.965. The lowest BCUT2D eigenvalue weighted by Crippen LogP contribution is -2.46. The summed E-state index contributed by atoms with van der Waals surface area (Å²) in [6.45, 7) is 0.156. The van der Waals surface area contributed by atoms with Crippen molar-refractivity contribution in [3.63, 3.8) is 0 Å². The molecule has 4 aromatic rings. The van der Waals surface area contributed by atoms with Gasteiger partial charge in [0.1, 0.15) is 11.6 Å². The smallest absolute Gasteiger partial charge is 0.416 e. The first-order valence-corrected chi connectivity index (χ1v) is 11.1. The Bertz CT molecular complexity index is 1300. The second-order valence-corrected chi connectivity index (χ2v) is 8.62. The van der Waals surface area contributed by atoms with Crippen molar-refractivity contribution in [3.05, 3.63) is 130 Å². The van der Waals surface area contributed by atoms with Gasteiger partial charge in [0.2, 0.25) is 0 Å². The average molecular weight is 501 g/mol. The molecule has 35 heavy (non-hydrogen) atoms. The molecule has 1 aromatic heterocycles. The Morgan fingerprint density at radius 2 is 1.54 bits per heavy atom. The van der Waals surface area contributed by atoms with E-state index in [0.29, 0.717) is 22.3 Å². The highest BCUT2D eigenvalue weighted by Gasteiger charge is 2.39. The number of aromatic hydroxyl groups is 1. The lowest BCUT2D eigenvalue weighted by Gasteiger charge is -2.36. The van der Waals surface area contributed by atoms with Gasteiger partial charge in [0.05, 0.1) is 21.8 Å². The fourth-order valence-electron chi connectivity index (χ4n) is 4.05. The lowest BCUT2D eigenvalue weighted by atomic mass is 9.79. The van der Waals surface area contributed by atoms with Gasteiger partial charge >= 0.3 is 6.18 Å². The number of nitrogens with one attached hydrogen (secondary N) is 1. The zero-order valence-corrected chi connectivity index (χ0v) is 19.1. The topological polar surface area (TPSA) is 45.1 Å². The van der Waals surface area contributed by atoms with Crippen LogP contribution >= 0.6 is 11.6 Å². The normalized spacial score (nSPS) is 13.4. The highest BCUT2D eigenvalue weighted by molar-refractivity contribution is 6.30. The van der Waals surface area contributed by atoms with E-state index in [0.717, 1.165) is 17.7 Å². The van der Waals surface area contributed by atoms with Crippen molar-refractivity contribution < 1.29 is 22.7 Å². The Morgan fingerprint density at radius 1 is 0.829 bits per heavy atom. The van der Waals surface area contributed by atoms with E-state index < -0.39 is 23.1 Å². The molecular formula is C27H21ClF4N2O. The van der Waals surface area contributed by atoms with E-state index in [1.54, 1.807) is 30.3 Å². The summed E-state index contributed by atoms with van der Waals surface area (Å²) in [4.78, 5) is 4.43. The van der Waals surface area contributed by atoms with Gasteiger partial charge in [0, 0.05) is 19.2 Å². The molecule has 0 bridgehead atoms. The Hall–Kier alpha value is -3.42. The number of aromatic nitrogens is 1. The number of nitrogens with zero attached hydrogens (tertiary/aromatic N) is 1. The number of phenolic OH excluding ortho intramolecular Hbond substituents is 1. The number of alkyl halides is 3. The van der Waals surface area contributed by atoms with Gasteiger partial charge in [-0.05, 0) is 59.2 Å². The number of rotatable bonds is 7. The zero-order chi connectivity index (χ0) is 25.1. The van der Waals surface area contributed by atoms with Crippen molar-refractivity contribution in [2.45, 2.75) is 24.7 Å². The molecule has 0 spiro atoms. The second kappa shape index (κ2) is 10.1. The molecule has 0 aliphatic rings. The molecule has 3 nitrogen and oxygen atoms in total. The summed E-state index contributed by atoms with van der Waals surface area (Å²) < 4.78 is 55.6. The van der Waals surface area contributed by atoms with Crippen LogP contribution < -0.4 is 5.32 Å². The maximum atomic E-state index is 14.6. The van der Waals surface area contributed by atoms with Crippen molar-refractivity contribution in [1.82, 2.24) is 10.3 Å². The molecule has 0 saturated carbocycles. The maximum absolute atomic E-state index is 14.6. The van der Waals surface area contributed by atoms with Crippen molar-refractivity contribution >= 4 is 11.6 Å². The molecule has 0 amide bonds. The second-order valence-electron chi connectivity index (χ2n) is 8.18. The van der Waals surface area contributed by atoms with Crippen LogP contribution in [-0.4, -0.2) is 10.1 Å². The summed E-state index contributed by atoms with van der Waals surface area (Å²) >= 11 is 6.05. The Balaban J connectivity index is 1.93. The number of halogens is 5. The van der Waals surface area contributed by atoms with Gasteiger partial charge in [0.25, 0.3) is 0 Å². The molecule has 0 fully saturated rings. The van der Waals surface area contributed by atoms with Crippen LogP contribution in [0.15, 0.2) is 91.1 Å². The quantitative estimate of drug-likeness (QED) is 0.272. The summed E-state index contributed by atoms with van der Waals surface area (Å²) in [5, 5.41) is 13.6. The molecule has 0 aliphatic carbocycles. The van der Waals surface area contributed by atoms with Crippen LogP contribution in [0.5, 0.6) is 5.75 Å². The third-order valence-electron chi connectivity index (χ3n) is 5.70. The fourth-order valence-corrected chi connectivity index (χ4v) is 4.16. The first-order valence-electron chi connectivity index (χ1n) is 10.7. The molecule has 4 rings (SSSR count). The van der Waals surface area contributed by atoms with Crippen molar-refractivity contribution in [2.24, 2.45) is 0 Å². The molecule has 2 N–H and O–H groups in total. The van der Waals surface area contributed by atoms with Crippen LogP contribution in [-0.2, 0) is 24.7 Å². The van der Waals surface area contributed by atoms with Crippen LogP contribution in [0.3, 0.4) is 0 Å². The Kier molecular flexibility index (Phi) is 7.10. The minimum atomic E-state index is -4.74. The molecule has 0 radical (unpaired) electrons. The van der Waals surface area contributed by atoms with E-state index in [4.69, 9.17) is 11.6 Å². The number of phenols is 1. The van der Waals surface area contributed by atoms with E-state index >= 15 is 0 Å². The first kappa shape index (κ1) is 24.7. The molecule has 0 aliphatic heterocycles. The fraction of sp³-hybridized carbons (Fsp3) is 0.148. The molecule has 8 heteroatoms. The lowest BCUT2D eigenvalue weighted by molar-refractivity contribution is -0.137. The van der Waals surface area contributed by atoms with Crippen LogP contribution in [0.25, 0.3) is 0 Å². The Labute approximate surface area is 205 Å². The van der Waals surface area contributed by atoms with Gasteiger partial charge in [-0.1, -0.05) is 54.1 Å². The predicted molar refractivity (Wildman–Crippen MR) is 127 cm³/mol. The number of hydrogen-bond acceptors (Lipinski definition) is 3. The summed E-state index contributed by atoms with van der Waals surface area (Å²) in [5.41, 5.74) is -0.555. The molecule has 3 aromatic carbocycles. The van der Waals surface area contributed by atoms with Crippen molar-refractivity contribution in [3.8, 4) is 5.75 Å². The third-order valence-corrected chi connectivity index (χ3v) is 5.92. The SMILES string of the molecule is Oc1cccc(CNC(Cc2ccccc2)(c2cc(F)cc(C(F)(F)F)c2)c2ccc(Cl)cn2)c1. The van der Waals surface area contributed by atoms with Crippen LogP contribution in [0.2, 0.25) is 5.02 Å². The molecule has 1 heterocycles. The average Bonchev–Trinajstić information content (AvgIpc) is 2.82. The standard InChI is InChI=1S/C27H21ClF4N2O/c28-22-9-10-25(33-17-22)26(15-18-5-2-1-3-6-18,34-16-19-7-4-8-24(35)11-19)20-12-21(27(30,31)32)14-23(29)13-20/h1-14,17,34-35H,15-16H2. The van der Waals surface area contributed by atoms with Gasteiger partial charge in [-0.3, -0.25) is 10.3 Å². The first-order chi connectivity index (χ1) is 16.7. The third kappa shape index (κ3) is 5.81. The summed E-state index contributed by atoms with van der Waals surface area (Å²) in [6, 6.07) is 21.3. The number of benzene rings is 3. The summed E-state index contributed by atoms with van der Waals surface area (Å²) in [7, 11) is 0. The molecular weight excluding hydrogens is 480 g/mol. The molecule has 180 valence electrons. The summed E-state index contributed by atoms with van der Waals surface area (Å²) in [6.07, 6.45) is -3.17. The van der Waals surface area contributed by atoms with Gasteiger partial charge < -0.3 is 5.11 Å². The van der Waals surface area contributed by atoms with Crippen LogP contribution in [0.4, 0.5) is 17.6 Å². The van der Waals surface area contributed by atoms with Crippen molar-refractivity contribution in [1.29, 1.82) is 0 Å². The predicted octanol–water partition coefficient (Wildman–Crippen LogP) is 6.87. The van der Waals surface area contributed by atoms with Crippen LogP contribution in [0, 0.1) is 5.82 Å². The minimum Gasteiger partial charge on any atom is -0.508 e. The van der Waals surface area contributed by atoms with Gasteiger partial charge in [-0.2, -0.15) is 13.2 Å². The number of hydrogen-bond donors (Lipinski definition) is 2. The zero-order valence-electron chi connectivity index (χ0n) is 18.4. The monoisotopic (exact) mass is 500 g/mol. The molecule has 1 atom stereocenters. The van der Waals surface area contributed by atoms with E-state index in [2.05, 4.69) is 10.3 Å².